The van der Waals surface area contributed by atoms with Crippen LogP contribution < -0.4 is 9.47 Å². The third kappa shape index (κ3) is 2.54. The minimum absolute atomic E-state index is 0.102. The van der Waals surface area contributed by atoms with Crippen molar-refractivity contribution in [3.63, 3.8) is 0 Å². The van der Waals surface area contributed by atoms with Crippen molar-refractivity contribution in [3.05, 3.63) is 53.3 Å². The Morgan fingerprint density at radius 1 is 1.12 bits per heavy atom. The normalized spacial score (nSPS) is 23.8. The van der Waals surface area contributed by atoms with Gasteiger partial charge in [0.1, 0.15) is 0 Å². The summed E-state index contributed by atoms with van der Waals surface area (Å²) < 4.78 is 10.9. The largest absolute Gasteiger partial charge is 0.454 e. The van der Waals surface area contributed by atoms with E-state index in [1.54, 1.807) is 0 Å². The molecule has 5 nitrogen and oxygen atoms in total. The SMILES string of the molecule is O=C([C@@H]1CCCc2cccnc21)N1CCC[C@H]1c1ccc2c(c1)OCO2. The lowest BCUT2D eigenvalue weighted by Gasteiger charge is -2.31. The summed E-state index contributed by atoms with van der Waals surface area (Å²) in [6.45, 7) is 1.09. The van der Waals surface area contributed by atoms with Crippen LogP contribution >= 0.6 is 0 Å². The molecule has 2 atom stereocenters. The van der Waals surface area contributed by atoms with Crippen molar-refractivity contribution in [3.8, 4) is 11.5 Å². The molecule has 5 rings (SSSR count). The Labute approximate surface area is 152 Å². The van der Waals surface area contributed by atoms with Gasteiger partial charge >= 0.3 is 0 Å². The molecule has 2 aliphatic heterocycles. The number of pyridine rings is 1. The molecule has 1 aromatic carbocycles. The van der Waals surface area contributed by atoms with Crippen molar-refractivity contribution in [2.75, 3.05) is 13.3 Å². The number of likely N-dealkylation sites (tertiary alicyclic amines) is 1. The predicted molar refractivity (Wildman–Crippen MR) is 96.2 cm³/mol. The number of aryl methyl sites for hydroxylation is 1. The van der Waals surface area contributed by atoms with Gasteiger partial charge in [-0.15, -0.1) is 0 Å². The van der Waals surface area contributed by atoms with E-state index in [-0.39, 0.29) is 24.7 Å². The van der Waals surface area contributed by atoms with Crippen LogP contribution in [0.25, 0.3) is 0 Å². The fourth-order valence-corrected chi connectivity index (χ4v) is 4.55. The van der Waals surface area contributed by atoms with Gasteiger partial charge in [-0.2, -0.15) is 0 Å². The minimum atomic E-state index is -0.102. The maximum Gasteiger partial charge on any atom is 0.232 e. The highest BCUT2D eigenvalue weighted by atomic mass is 16.7. The summed E-state index contributed by atoms with van der Waals surface area (Å²) in [4.78, 5) is 20.0. The highest BCUT2D eigenvalue weighted by Gasteiger charge is 2.37. The van der Waals surface area contributed by atoms with Gasteiger partial charge in [-0.3, -0.25) is 9.78 Å². The third-order valence-electron chi connectivity index (χ3n) is 5.81. The van der Waals surface area contributed by atoms with Crippen LogP contribution in [-0.4, -0.2) is 29.1 Å². The van der Waals surface area contributed by atoms with Crippen molar-refractivity contribution in [1.29, 1.82) is 0 Å². The van der Waals surface area contributed by atoms with Gasteiger partial charge in [0, 0.05) is 12.7 Å². The van der Waals surface area contributed by atoms with Crippen LogP contribution in [0, 0.1) is 0 Å². The second kappa shape index (κ2) is 6.31. The summed E-state index contributed by atoms with van der Waals surface area (Å²) in [7, 11) is 0. The summed E-state index contributed by atoms with van der Waals surface area (Å²) in [5.41, 5.74) is 3.35. The second-order valence-electron chi connectivity index (χ2n) is 7.29. The molecule has 0 radical (unpaired) electrons. The first-order valence-corrected chi connectivity index (χ1v) is 9.45. The molecule has 0 bridgehead atoms. The number of aromatic nitrogens is 1. The first-order valence-electron chi connectivity index (χ1n) is 9.45. The first kappa shape index (κ1) is 15.7. The van der Waals surface area contributed by atoms with E-state index in [4.69, 9.17) is 9.47 Å². The number of nitrogens with zero attached hydrogens (tertiary/aromatic N) is 2. The molecular formula is C21H22N2O3. The number of ether oxygens (including phenoxy) is 2. The van der Waals surface area contributed by atoms with Crippen LogP contribution in [-0.2, 0) is 11.2 Å². The van der Waals surface area contributed by atoms with Gasteiger partial charge in [-0.05, 0) is 61.4 Å². The third-order valence-corrected chi connectivity index (χ3v) is 5.81. The zero-order valence-electron chi connectivity index (χ0n) is 14.7. The smallest absolute Gasteiger partial charge is 0.232 e. The van der Waals surface area contributed by atoms with E-state index in [0.29, 0.717) is 0 Å². The molecule has 1 fully saturated rings. The molecule has 1 aliphatic carbocycles. The average molecular weight is 350 g/mol. The van der Waals surface area contributed by atoms with E-state index < -0.39 is 0 Å². The van der Waals surface area contributed by atoms with Crippen molar-refractivity contribution in [2.45, 2.75) is 44.1 Å². The van der Waals surface area contributed by atoms with Gasteiger partial charge in [0.15, 0.2) is 11.5 Å². The van der Waals surface area contributed by atoms with E-state index in [2.05, 4.69) is 22.0 Å². The monoisotopic (exact) mass is 350 g/mol. The van der Waals surface area contributed by atoms with Crippen molar-refractivity contribution >= 4 is 5.91 Å². The van der Waals surface area contributed by atoms with Crippen LogP contribution in [0.2, 0.25) is 0 Å². The second-order valence-corrected chi connectivity index (χ2v) is 7.29. The van der Waals surface area contributed by atoms with E-state index in [9.17, 15) is 4.79 Å². The molecule has 1 aromatic heterocycles. The number of amides is 1. The minimum Gasteiger partial charge on any atom is -0.454 e. The molecule has 0 spiro atoms. The quantitative estimate of drug-likeness (QED) is 0.830. The molecule has 3 heterocycles. The number of hydrogen-bond acceptors (Lipinski definition) is 4. The lowest BCUT2D eigenvalue weighted by molar-refractivity contribution is -0.134. The Morgan fingerprint density at radius 3 is 3.00 bits per heavy atom. The standard InChI is InChI=1S/C21H22N2O3/c24-21(16-6-1-4-14-5-2-10-22-20(14)16)23-11-3-7-17(23)15-8-9-18-19(12-15)26-13-25-18/h2,5,8-10,12,16-17H,1,3-4,6-7,11,13H2/t16-,17+/m1/s1. The number of hydrogen-bond donors (Lipinski definition) is 0. The fraction of sp³-hybridized carbons (Fsp3) is 0.429. The summed E-state index contributed by atoms with van der Waals surface area (Å²) >= 11 is 0. The highest BCUT2D eigenvalue weighted by Crippen LogP contribution is 2.41. The summed E-state index contributed by atoms with van der Waals surface area (Å²) in [6, 6.07) is 10.3. The predicted octanol–water partition coefficient (Wildman–Crippen LogP) is 3.59. The summed E-state index contributed by atoms with van der Waals surface area (Å²) in [5, 5.41) is 0. The molecule has 0 N–H and O–H groups in total. The molecule has 3 aliphatic rings. The number of fused-ring (bicyclic) bond motifs is 2. The Hall–Kier alpha value is -2.56. The summed E-state index contributed by atoms with van der Waals surface area (Å²) in [6.07, 6.45) is 6.81. The van der Waals surface area contributed by atoms with Crippen LogP contribution in [0.1, 0.15) is 54.5 Å². The molecule has 0 saturated carbocycles. The summed E-state index contributed by atoms with van der Waals surface area (Å²) in [5.74, 6) is 1.70. The number of rotatable bonds is 2. The van der Waals surface area contributed by atoms with Crippen LogP contribution in [0.3, 0.4) is 0 Å². The van der Waals surface area contributed by atoms with Crippen LogP contribution in [0.15, 0.2) is 36.5 Å². The van der Waals surface area contributed by atoms with Crippen LogP contribution in [0.5, 0.6) is 11.5 Å². The van der Waals surface area contributed by atoms with Gasteiger partial charge in [-0.25, -0.2) is 0 Å². The molecule has 0 unspecified atom stereocenters. The zero-order valence-corrected chi connectivity index (χ0v) is 14.7. The van der Waals surface area contributed by atoms with E-state index >= 15 is 0 Å². The van der Waals surface area contributed by atoms with Gasteiger partial charge in [-0.1, -0.05) is 12.1 Å². The highest BCUT2D eigenvalue weighted by molar-refractivity contribution is 5.84. The first-order chi connectivity index (χ1) is 12.8. The van der Waals surface area contributed by atoms with Crippen LogP contribution in [0.4, 0.5) is 0 Å². The lowest BCUT2D eigenvalue weighted by atomic mass is 9.85. The molecule has 5 heteroatoms. The van der Waals surface area contributed by atoms with E-state index in [0.717, 1.165) is 61.4 Å². The molecular weight excluding hydrogens is 328 g/mol. The number of carbonyl (C=O) groups is 1. The maximum atomic E-state index is 13.4. The Balaban J connectivity index is 1.43. The number of benzene rings is 1. The van der Waals surface area contributed by atoms with Crippen molar-refractivity contribution in [2.24, 2.45) is 0 Å². The van der Waals surface area contributed by atoms with Gasteiger partial charge < -0.3 is 14.4 Å². The number of carbonyl (C=O) groups excluding carboxylic acids is 1. The molecule has 1 saturated heterocycles. The topological polar surface area (TPSA) is 51.7 Å². The Bertz CT molecular complexity index is 851. The van der Waals surface area contributed by atoms with Crippen molar-refractivity contribution in [1.82, 2.24) is 9.88 Å². The maximum absolute atomic E-state index is 13.4. The Kier molecular flexibility index (Phi) is 3.80. The van der Waals surface area contributed by atoms with E-state index in [1.165, 1.54) is 5.56 Å². The zero-order chi connectivity index (χ0) is 17.5. The Morgan fingerprint density at radius 2 is 2.04 bits per heavy atom. The van der Waals surface area contributed by atoms with Crippen molar-refractivity contribution < 1.29 is 14.3 Å². The average Bonchev–Trinajstić information content (AvgIpc) is 3.35. The molecule has 2 aromatic rings. The fourth-order valence-electron chi connectivity index (χ4n) is 4.55. The van der Waals surface area contributed by atoms with Gasteiger partial charge in [0.25, 0.3) is 0 Å². The molecule has 26 heavy (non-hydrogen) atoms. The van der Waals surface area contributed by atoms with Gasteiger partial charge in [0.2, 0.25) is 12.7 Å². The molecule has 134 valence electrons. The van der Waals surface area contributed by atoms with E-state index in [1.807, 2.05) is 24.4 Å². The lowest BCUT2D eigenvalue weighted by Crippen LogP contribution is -2.36. The van der Waals surface area contributed by atoms with Gasteiger partial charge in [0.05, 0.1) is 17.7 Å². The molecule has 1 amide bonds.